The van der Waals surface area contributed by atoms with Crippen LogP contribution >= 0.6 is 11.6 Å². The average Bonchev–Trinajstić information content (AvgIpc) is 3.40. The molecule has 10 heteroatoms. The van der Waals surface area contributed by atoms with E-state index in [9.17, 15) is 14.0 Å². The van der Waals surface area contributed by atoms with Gasteiger partial charge in [-0.3, -0.25) is 14.4 Å². The second-order valence-electron chi connectivity index (χ2n) is 8.77. The fraction of sp³-hybridized carbons (Fsp3) is 0.500. The third-order valence-electron chi connectivity index (χ3n) is 6.63. The Bertz CT molecular complexity index is 1070. The molecule has 3 aliphatic rings. The van der Waals surface area contributed by atoms with Crippen LogP contribution in [0.2, 0.25) is 5.02 Å². The predicted octanol–water partition coefficient (Wildman–Crippen LogP) is 2.82. The molecule has 0 spiro atoms. The van der Waals surface area contributed by atoms with Crippen LogP contribution in [0.3, 0.4) is 0 Å². The Hall–Kier alpha value is -2.65. The number of nitrogens with zero attached hydrogens (tertiary/aromatic N) is 5. The summed E-state index contributed by atoms with van der Waals surface area (Å²) in [6, 6.07) is 4.00. The van der Waals surface area contributed by atoms with Crippen molar-refractivity contribution >= 4 is 29.2 Å². The van der Waals surface area contributed by atoms with Crippen molar-refractivity contribution in [1.82, 2.24) is 24.5 Å². The van der Waals surface area contributed by atoms with Crippen LogP contribution in [-0.4, -0.2) is 75.7 Å². The van der Waals surface area contributed by atoms with Gasteiger partial charge in [-0.1, -0.05) is 11.6 Å². The van der Waals surface area contributed by atoms with E-state index in [1.807, 2.05) is 11.7 Å². The number of urea groups is 1. The van der Waals surface area contributed by atoms with E-state index >= 15 is 0 Å². The van der Waals surface area contributed by atoms with Gasteiger partial charge in [0.25, 0.3) is 5.91 Å². The molecular weight excluding hydrogens is 435 g/mol. The van der Waals surface area contributed by atoms with Gasteiger partial charge >= 0.3 is 6.03 Å². The van der Waals surface area contributed by atoms with Crippen LogP contribution in [0.25, 0.3) is 0 Å². The lowest BCUT2D eigenvalue weighted by molar-refractivity contribution is 0.0757. The molecule has 0 aliphatic carbocycles. The number of anilines is 1. The Morgan fingerprint density at radius 3 is 2.75 bits per heavy atom. The lowest BCUT2D eigenvalue weighted by Gasteiger charge is -2.29. The number of likely N-dealkylation sites (tertiary alicyclic amines) is 1. The summed E-state index contributed by atoms with van der Waals surface area (Å²) in [6.45, 7) is 4.27. The van der Waals surface area contributed by atoms with E-state index < -0.39 is 5.82 Å². The van der Waals surface area contributed by atoms with E-state index in [1.54, 1.807) is 9.80 Å². The average molecular weight is 461 g/mol. The van der Waals surface area contributed by atoms with Crippen molar-refractivity contribution < 1.29 is 14.0 Å². The maximum absolute atomic E-state index is 13.4. The zero-order valence-corrected chi connectivity index (χ0v) is 18.7. The number of rotatable bonds is 2. The molecule has 8 nitrogen and oxygen atoms in total. The lowest BCUT2D eigenvalue weighted by atomic mass is 10.0. The number of benzene rings is 1. The summed E-state index contributed by atoms with van der Waals surface area (Å²) >= 11 is 5.82. The number of carbonyl (C=O) groups is 2. The molecule has 1 fully saturated rings. The molecule has 1 atom stereocenters. The smallest absolute Gasteiger partial charge is 0.322 e. The van der Waals surface area contributed by atoms with E-state index in [0.717, 1.165) is 24.3 Å². The molecule has 170 valence electrons. The summed E-state index contributed by atoms with van der Waals surface area (Å²) in [6.07, 6.45) is 2.97. The highest BCUT2D eigenvalue weighted by molar-refractivity contribution is 6.31. The molecule has 0 saturated carbocycles. The number of hydrogen-bond acceptors (Lipinski definition) is 4. The van der Waals surface area contributed by atoms with Crippen LogP contribution in [0.5, 0.6) is 0 Å². The molecule has 1 aromatic heterocycles. The Kier molecular flexibility index (Phi) is 5.54. The van der Waals surface area contributed by atoms with Crippen LogP contribution in [0.1, 0.15) is 34.6 Å². The predicted molar refractivity (Wildman–Crippen MR) is 118 cm³/mol. The molecule has 0 radical (unpaired) electrons. The molecule has 3 aliphatic heterocycles. The number of amides is 3. The maximum atomic E-state index is 13.4. The highest BCUT2D eigenvalue weighted by atomic mass is 35.5. The zero-order chi connectivity index (χ0) is 22.4. The molecule has 1 saturated heterocycles. The number of fused-ring (bicyclic) bond motifs is 3. The van der Waals surface area contributed by atoms with Gasteiger partial charge in [0.05, 0.1) is 23.8 Å². The quantitative estimate of drug-likeness (QED) is 0.748. The van der Waals surface area contributed by atoms with Gasteiger partial charge in [-0.15, -0.1) is 0 Å². The minimum Gasteiger partial charge on any atom is -0.339 e. The van der Waals surface area contributed by atoms with Crippen molar-refractivity contribution in [3.05, 3.63) is 46.0 Å². The molecule has 1 N–H and O–H groups in total. The highest BCUT2D eigenvalue weighted by Gasteiger charge is 2.36. The van der Waals surface area contributed by atoms with E-state index in [2.05, 4.69) is 10.2 Å². The van der Waals surface area contributed by atoms with E-state index in [4.69, 9.17) is 16.7 Å². The summed E-state index contributed by atoms with van der Waals surface area (Å²) in [5, 5.41) is 7.50. The standard InChI is InChI=1S/C22H26ClFN6O2/c1-27-11-15(28-7-2-3-8-28)12-30-20(21(27)31)16-13-29(9-6-19(16)26-30)22(32)25-14-4-5-18(24)17(23)10-14/h4-5,10,15H,2-3,6-9,11-13H2,1H3,(H,25,32). The van der Waals surface area contributed by atoms with E-state index in [1.165, 1.54) is 31.0 Å². The van der Waals surface area contributed by atoms with Crippen molar-refractivity contribution in [1.29, 1.82) is 0 Å². The molecule has 1 aromatic carbocycles. The van der Waals surface area contributed by atoms with Crippen LogP contribution in [0.4, 0.5) is 14.9 Å². The highest BCUT2D eigenvalue weighted by Crippen LogP contribution is 2.28. The number of hydrogen-bond donors (Lipinski definition) is 1. The van der Waals surface area contributed by atoms with Gasteiger partial charge in [0, 0.05) is 43.9 Å². The van der Waals surface area contributed by atoms with Gasteiger partial charge in [0.2, 0.25) is 0 Å². The van der Waals surface area contributed by atoms with Crippen LogP contribution in [0.15, 0.2) is 18.2 Å². The zero-order valence-electron chi connectivity index (χ0n) is 18.0. The third-order valence-corrected chi connectivity index (χ3v) is 6.92. The first-order valence-electron chi connectivity index (χ1n) is 11.0. The van der Waals surface area contributed by atoms with Gasteiger partial charge in [-0.2, -0.15) is 5.10 Å². The van der Waals surface area contributed by atoms with Crippen molar-refractivity contribution in [3.8, 4) is 0 Å². The van der Waals surface area contributed by atoms with Gasteiger partial charge in [-0.25, -0.2) is 9.18 Å². The minimum absolute atomic E-state index is 0.0481. The van der Waals surface area contributed by atoms with Crippen molar-refractivity contribution in [2.24, 2.45) is 0 Å². The molecule has 3 amide bonds. The van der Waals surface area contributed by atoms with Crippen LogP contribution < -0.4 is 5.32 Å². The minimum atomic E-state index is -0.537. The number of carbonyl (C=O) groups excluding carboxylic acids is 2. The summed E-state index contributed by atoms with van der Waals surface area (Å²) in [7, 11) is 1.84. The third kappa shape index (κ3) is 3.84. The Labute approximate surface area is 190 Å². The molecule has 5 rings (SSSR count). The van der Waals surface area contributed by atoms with Gasteiger partial charge in [-0.05, 0) is 44.1 Å². The fourth-order valence-corrected chi connectivity index (χ4v) is 5.10. The molecular formula is C22H26ClFN6O2. The molecule has 32 heavy (non-hydrogen) atoms. The summed E-state index contributed by atoms with van der Waals surface area (Å²) in [4.78, 5) is 32.0. The summed E-state index contributed by atoms with van der Waals surface area (Å²) in [5.41, 5.74) is 2.72. The summed E-state index contributed by atoms with van der Waals surface area (Å²) < 4.78 is 15.3. The number of nitrogens with one attached hydrogen (secondary N) is 1. The van der Waals surface area contributed by atoms with Gasteiger partial charge in [0.15, 0.2) is 0 Å². The first kappa shape index (κ1) is 21.2. The lowest BCUT2D eigenvalue weighted by Crippen LogP contribution is -2.43. The van der Waals surface area contributed by atoms with Crippen molar-refractivity contribution in [2.75, 3.05) is 38.5 Å². The van der Waals surface area contributed by atoms with E-state index in [0.29, 0.717) is 44.0 Å². The van der Waals surface area contributed by atoms with E-state index in [-0.39, 0.29) is 23.0 Å². The number of aromatic nitrogens is 2. The second-order valence-corrected chi connectivity index (χ2v) is 9.18. The maximum Gasteiger partial charge on any atom is 0.322 e. The Morgan fingerprint density at radius 2 is 2.00 bits per heavy atom. The SMILES string of the molecule is CN1CC(N2CCCC2)Cn2nc3c(c2C1=O)CN(C(=O)Nc1ccc(F)c(Cl)c1)CC3. The first-order valence-corrected chi connectivity index (χ1v) is 11.4. The molecule has 0 bridgehead atoms. The monoisotopic (exact) mass is 460 g/mol. The molecule has 1 unspecified atom stereocenters. The number of halogens is 2. The Balaban J connectivity index is 1.37. The van der Waals surface area contributed by atoms with Crippen molar-refractivity contribution in [3.63, 3.8) is 0 Å². The second kappa shape index (κ2) is 8.37. The first-order chi connectivity index (χ1) is 15.4. The number of likely N-dealkylation sites (N-methyl/N-ethyl adjacent to an activating group) is 1. The van der Waals surface area contributed by atoms with Crippen LogP contribution in [-0.2, 0) is 19.5 Å². The Morgan fingerprint density at radius 1 is 1.22 bits per heavy atom. The fourth-order valence-electron chi connectivity index (χ4n) is 4.92. The molecule has 4 heterocycles. The van der Waals surface area contributed by atoms with Gasteiger partial charge in [0.1, 0.15) is 11.5 Å². The largest absolute Gasteiger partial charge is 0.339 e. The molecule has 2 aromatic rings. The topological polar surface area (TPSA) is 73.7 Å². The summed E-state index contributed by atoms with van der Waals surface area (Å²) in [5.74, 6) is -0.585. The van der Waals surface area contributed by atoms with Crippen LogP contribution in [0, 0.1) is 5.82 Å². The van der Waals surface area contributed by atoms with Gasteiger partial charge < -0.3 is 15.1 Å². The van der Waals surface area contributed by atoms with Crippen molar-refractivity contribution in [2.45, 2.75) is 38.4 Å². The normalized spacial score (nSPS) is 21.3.